The molecule has 2 atom stereocenters. The zero-order chi connectivity index (χ0) is 19.1. The van der Waals surface area contributed by atoms with Crippen molar-refractivity contribution in [2.45, 2.75) is 26.3 Å². The molecular formula is C19H22ClFN6. The third-order valence-corrected chi connectivity index (χ3v) is 5.80. The van der Waals surface area contributed by atoms with Crippen LogP contribution in [0.5, 0.6) is 0 Å². The number of hydrogen-bond donors (Lipinski definition) is 1. The van der Waals surface area contributed by atoms with E-state index in [-0.39, 0.29) is 16.9 Å². The second-order valence-electron chi connectivity index (χ2n) is 7.17. The number of likely N-dealkylation sites (tertiary alicyclic amines) is 1. The van der Waals surface area contributed by atoms with Crippen LogP contribution in [0.3, 0.4) is 0 Å². The molecule has 1 saturated heterocycles. The first-order chi connectivity index (χ1) is 13.0. The maximum absolute atomic E-state index is 14.0. The fourth-order valence-electron chi connectivity index (χ4n) is 3.93. The number of anilines is 1. The number of benzene rings is 1. The van der Waals surface area contributed by atoms with E-state index >= 15 is 0 Å². The molecule has 142 valence electrons. The van der Waals surface area contributed by atoms with Crippen LogP contribution in [0.1, 0.15) is 29.3 Å². The summed E-state index contributed by atoms with van der Waals surface area (Å²) in [6, 6.07) is 5.25. The van der Waals surface area contributed by atoms with Gasteiger partial charge in [0.2, 0.25) is 0 Å². The van der Waals surface area contributed by atoms with Gasteiger partial charge in [-0.15, -0.1) is 0 Å². The van der Waals surface area contributed by atoms with Crippen LogP contribution in [0.15, 0.2) is 24.5 Å². The molecule has 1 aromatic carbocycles. The van der Waals surface area contributed by atoms with E-state index in [4.69, 9.17) is 11.6 Å². The number of fused-ring (bicyclic) bond motifs is 1. The Hall–Kier alpha value is -2.25. The summed E-state index contributed by atoms with van der Waals surface area (Å²) in [5.41, 5.74) is 2.93. The number of aryl methyl sites for hydroxylation is 1. The number of rotatable bonds is 4. The molecule has 6 nitrogen and oxygen atoms in total. The quantitative estimate of drug-likeness (QED) is 0.739. The summed E-state index contributed by atoms with van der Waals surface area (Å²) in [4.78, 5) is 10.9. The van der Waals surface area contributed by atoms with Crippen molar-refractivity contribution < 1.29 is 4.39 Å². The van der Waals surface area contributed by atoms with Crippen molar-refractivity contribution in [2.75, 3.05) is 25.5 Å². The molecule has 1 aliphatic rings. The number of halogens is 2. The van der Waals surface area contributed by atoms with Gasteiger partial charge in [0.25, 0.3) is 5.78 Å². The Kier molecular flexibility index (Phi) is 4.74. The minimum atomic E-state index is -0.369. The lowest BCUT2D eigenvalue weighted by Crippen LogP contribution is -2.26. The molecule has 0 bridgehead atoms. The number of nitrogens with one attached hydrogen (secondary N) is 1. The van der Waals surface area contributed by atoms with E-state index in [9.17, 15) is 4.39 Å². The zero-order valence-electron chi connectivity index (χ0n) is 15.6. The molecule has 2 aromatic heterocycles. The minimum absolute atomic E-state index is 0.138. The molecule has 2 unspecified atom stereocenters. The predicted octanol–water partition coefficient (Wildman–Crippen LogP) is 3.64. The molecule has 1 fully saturated rings. The highest BCUT2D eigenvalue weighted by Crippen LogP contribution is 2.37. The smallest absolute Gasteiger partial charge is 0.254 e. The maximum atomic E-state index is 14.0. The van der Waals surface area contributed by atoms with Gasteiger partial charge in [-0.1, -0.05) is 17.7 Å². The van der Waals surface area contributed by atoms with E-state index in [0.717, 1.165) is 42.1 Å². The Morgan fingerprint density at radius 1 is 1.33 bits per heavy atom. The standard InChI is InChI=1S/C19H22ClFN6/c1-11-12(2)25-19-23-10-24-27(19)18(11)22-9-14-6-7-26(3)17(14)13-4-5-15(20)16(21)8-13/h4-5,8,10,14,17,22H,6-7,9H2,1-3H3. The van der Waals surface area contributed by atoms with E-state index in [1.807, 2.05) is 19.9 Å². The van der Waals surface area contributed by atoms with E-state index in [1.165, 1.54) is 6.33 Å². The van der Waals surface area contributed by atoms with Gasteiger partial charge in [-0.25, -0.2) is 9.37 Å². The van der Waals surface area contributed by atoms with Crippen molar-refractivity contribution >= 4 is 23.2 Å². The molecular weight excluding hydrogens is 367 g/mol. The molecule has 0 radical (unpaired) electrons. The van der Waals surface area contributed by atoms with Gasteiger partial charge in [-0.3, -0.25) is 4.90 Å². The maximum Gasteiger partial charge on any atom is 0.254 e. The Bertz CT molecular complexity index is 988. The minimum Gasteiger partial charge on any atom is -0.369 e. The summed E-state index contributed by atoms with van der Waals surface area (Å²) in [7, 11) is 2.08. The van der Waals surface area contributed by atoms with E-state index in [0.29, 0.717) is 11.7 Å². The van der Waals surface area contributed by atoms with Gasteiger partial charge in [0.05, 0.1) is 5.02 Å². The first-order valence-electron chi connectivity index (χ1n) is 9.01. The second-order valence-corrected chi connectivity index (χ2v) is 7.58. The monoisotopic (exact) mass is 388 g/mol. The van der Waals surface area contributed by atoms with Gasteiger partial charge in [-0.2, -0.15) is 14.6 Å². The Morgan fingerprint density at radius 3 is 2.93 bits per heavy atom. The largest absolute Gasteiger partial charge is 0.369 e. The van der Waals surface area contributed by atoms with Crippen LogP contribution in [-0.4, -0.2) is 44.6 Å². The lowest BCUT2D eigenvalue weighted by molar-refractivity contribution is 0.281. The van der Waals surface area contributed by atoms with Crippen molar-refractivity contribution in [1.82, 2.24) is 24.5 Å². The second kappa shape index (κ2) is 7.05. The lowest BCUT2D eigenvalue weighted by Gasteiger charge is -2.26. The molecule has 0 saturated carbocycles. The van der Waals surface area contributed by atoms with Crippen LogP contribution in [0.4, 0.5) is 10.2 Å². The fraction of sp³-hybridized carbons (Fsp3) is 0.421. The molecule has 0 aliphatic carbocycles. The third kappa shape index (κ3) is 3.26. The fourth-order valence-corrected chi connectivity index (χ4v) is 4.05. The molecule has 1 aliphatic heterocycles. The Labute approximate surface area is 162 Å². The predicted molar refractivity (Wildman–Crippen MR) is 104 cm³/mol. The van der Waals surface area contributed by atoms with Crippen LogP contribution in [0.2, 0.25) is 5.02 Å². The first kappa shape index (κ1) is 18.1. The van der Waals surface area contributed by atoms with Crippen LogP contribution < -0.4 is 5.32 Å². The lowest BCUT2D eigenvalue weighted by atomic mass is 9.93. The SMILES string of the molecule is Cc1nc2ncnn2c(NCC2CCN(C)C2c2ccc(Cl)c(F)c2)c1C. The van der Waals surface area contributed by atoms with E-state index in [2.05, 4.69) is 32.3 Å². The van der Waals surface area contributed by atoms with Crippen LogP contribution in [0.25, 0.3) is 5.78 Å². The summed E-state index contributed by atoms with van der Waals surface area (Å²) in [6.07, 6.45) is 2.54. The highest BCUT2D eigenvalue weighted by molar-refractivity contribution is 6.30. The summed E-state index contributed by atoms with van der Waals surface area (Å²) in [5, 5.41) is 7.99. The van der Waals surface area contributed by atoms with Gasteiger partial charge >= 0.3 is 0 Å². The van der Waals surface area contributed by atoms with E-state index < -0.39 is 0 Å². The Balaban J connectivity index is 1.60. The number of hydrogen-bond acceptors (Lipinski definition) is 5. The van der Waals surface area contributed by atoms with Gasteiger partial charge < -0.3 is 5.32 Å². The topological polar surface area (TPSA) is 58.4 Å². The average molecular weight is 389 g/mol. The summed E-state index contributed by atoms with van der Waals surface area (Å²) >= 11 is 5.86. The molecule has 4 rings (SSSR count). The van der Waals surface area contributed by atoms with Crippen LogP contribution >= 0.6 is 11.6 Å². The zero-order valence-corrected chi connectivity index (χ0v) is 16.3. The summed E-state index contributed by atoms with van der Waals surface area (Å²) in [6.45, 7) is 5.71. The van der Waals surface area contributed by atoms with Crippen molar-refractivity contribution in [1.29, 1.82) is 0 Å². The molecule has 0 amide bonds. The molecule has 3 heterocycles. The molecule has 8 heteroatoms. The van der Waals surface area contributed by atoms with Gasteiger partial charge in [0.1, 0.15) is 18.0 Å². The van der Waals surface area contributed by atoms with E-state index in [1.54, 1.807) is 16.6 Å². The summed E-state index contributed by atoms with van der Waals surface area (Å²) in [5.74, 6) is 1.46. The highest BCUT2D eigenvalue weighted by Gasteiger charge is 2.33. The van der Waals surface area contributed by atoms with Crippen LogP contribution in [-0.2, 0) is 0 Å². The molecule has 3 aromatic rings. The van der Waals surface area contributed by atoms with Crippen LogP contribution in [0, 0.1) is 25.6 Å². The molecule has 1 N–H and O–H groups in total. The first-order valence-corrected chi connectivity index (χ1v) is 9.39. The third-order valence-electron chi connectivity index (χ3n) is 5.50. The Morgan fingerprint density at radius 2 is 2.15 bits per heavy atom. The van der Waals surface area contributed by atoms with Gasteiger partial charge in [0, 0.05) is 23.8 Å². The molecule has 0 spiro atoms. The van der Waals surface area contributed by atoms with Crippen molar-refractivity contribution in [3.63, 3.8) is 0 Å². The van der Waals surface area contributed by atoms with Crippen molar-refractivity contribution in [3.05, 3.63) is 52.2 Å². The summed E-state index contributed by atoms with van der Waals surface area (Å²) < 4.78 is 15.7. The highest BCUT2D eigenvalue weighted by atomic mass is 35.5. The normalized spacial score (nSPS) is 20.5. The number of nitrogens with zero attached hydrogens (tertiary/aromatic N) is 5. The van der Waals surface area contributed by atoms with Gasteiger partial charge in [0.15, 0.2) is 0 Å². The average Bonchev–Trinajstić information content (AvgIpc) is 3.24. The van der Waals surface area contributed by atoms with Crippen molar-refractivity contribution in [3.8, 4) is 0 Å². The molecule has 27 heavy (non-hydrogen) atoms. The van der Waals surface area contributed by atoms with Crippen molar-refractivity contribution in [2.24, 2.45) is 5.92 Å². The van der Waals surface area contributed by atoms with Gasteiger partial charge in [-0.05, 0) is 57.5 Å². The number of aromatic nitrogens is 4.